The van der Waals surface area contributed by atoms with E-state index in [-0.39, 0.29) is 23.9 Å². The lowest BCUT2D eigenvalue weighted by atomic mass is 9.97. The van der Waals surface area contributed by atoms with Gasteiger partial charge in [0.25, 0.3) is 5.91 Å². The summed E-state index contributed by atoms with van der Waals surface area (Å²) in [7, 11) is 0. The first-order chi connectivity index (χ1) is 21.6. The average molecular weight is 609 g/mol. The fraction of sp³-hybridized carbons (Fsp3) is 0.303. The fourth-order valence-electron chi connectivity index (χ4n) is 5.51. The number of nitrogens with zero attached hydrogens (tertiary/aromatic N) is 6. The second-order valence-corrected chi connectivity index (χ2v) is 12.0. The third-order valence-corrected chi connectivity index (χ3v) is 7.53. The normalized spacial score (nSPS) is 15.6. The van der Waals surface area contributed by atoms with Gasteiger partial charge in [0.1, 0.15) is 28.9 Å². The van der Waals surface area contributed by atoms with Gasteiger partial charge < -0.3 is 19.9 Å². The maximum atomic E-state index is 15.6. The van der Waals surface area contributed by atoms with Gasteiger partial charge in [0, 0.05) is 90.3 Å². The van der Waals surface area contributed by atoms with Crippen molar-refractivity contribution in [3.8, 4) is 11.1 Å². The standard InChI is InChI=1S/C33H33FN8O3/c1-33(2,3)45-32(44)41-14-20-5-4-8-42(18-20)28-6-7-37-29-25(28)9-22(11-27(29)34)26-17-39-30-24(26)10-23(16-38-30)31(43)40-15-21-12-35-19-36-13-21/h6-7,9-14,16-17,19-20H,4-5,8,15,18H2,1-3H3,(H,38,39)(H,40,43)/t20-/m1/s1. The molecular weight excluding hydrogens is 575 g/mol. The van der Waals surface area contributed by atoms with Gasteiger partial charge in [-0.1, -0.05) is 0 Å². The Labute approximate surface area is 259 Å². The summed E-state index contributed by atoms with van der Waals surface area (Å²) in [5.74, 6) is -0.724. The lowest BCUT2D eigenvalue weighted by molar-refractivity contribution is 0.0604. The predicted octanol–water partition coefficient (Wildman–Crippen LogP) is 5.86. The van der Waals surface area contributed by atoms with E-state index in [0.717, 1.165) is 30.6 Å². The SMILES string of the molecule is CC(C)(C)OC(=O)N=C[C@H]1CCCN(c2ccnc3c(F)cc(-c4c[nH]c5ncc(C(=O)NCc6cncnc6)cc45)cc23)C1. The molecule has 1 atom stereocenters. The van der Waals surface area contributed by atoms with E-state index in [9.17, 15) is 9.59 Å². The van der Waals surface area contributed by atoms with Crippen LogP contribution in [0.15, 0.2) is 66.6 Å². The molecule has 1 aromatic carbocycles. The van der Waals surface area contributed by atoms with Gasteiger partial charge >= 0.3 is 6.09 Å². The van der Waals surface area contributed by atoms with Crippen LogP contribution in [0.25, 0.3) is 33.1 Å². The van der Waals surface area contributed by atoms with Gasteiger partial charge in [-0.15, -0.1) is 0 Å². The van der Waals surface area contributed by atoms with Gasteiger partial charge in [-0.05, 0) is 63.4 Å². The molecule has 1 aliphatic rings. The number of pyridine rings is 2. The van der Waals surface area contributed by atoms with Crippen LogP contribution in [-0.4, -0.2) is 61.8 Å². The lowest BCUT2D eigenvalue weighted by Crippen LogP contribution is -2.36. The zero-order valence-electron chi connectivity index (χ0n) is 25.2. The Kier molecular flexibility index (Phi) is 8.20. The molecule has 5 heterocycles. The number of carbonyl (C=O) groups excluding carboxylic acids is 2. The van der Waals surface area contributed by atoms with E-state index in [1.807, 2.05) is 12.1 Å². The molecule has 2 amide bonds. The molecule has 0 saturated carbocycles. The van der Waals surface area contributed by atoms with E-state index in [1.165, 1.54) is 18.6 Å². The highest BCUT2D eigenvalue weighted by molar-refractivity contribution is 6.03. The summed E-state index contributed by atoms with van der Waals surface area (Å²) in [6.45, 7) is 7.06. The van der Waals surface area contributed by atoms with Crippen LogP contribution < -0.4 is 10.2 Å². The quantitative estimate of drug-likeness (QED) is 0.229. The zero-order valence-corrected chi connectivity index (χ0v) is 25.2. The molecule has 0 bridgehead atoms. The molecule has 2 N–H and O–H groups in total. The summed E-state index contributed by atoms with van der Waals surface area (Å²) < 4.78 is 20.9. The number of nitrogens with one attached hydrogen (secondary N) is 2. The van der Waals surface area contributed by atoms with Crippen molar-refractivity contribution in [1.29, 1.82) is 0 Å². The molecule has 4 aromatic heterocycles. The molecular formula is C33H33FN8O3. The van der Waals surface area contributed by atoms with Gasteiger partial charge in [-0.2, -0.15) is 4.99 Å². The van der Waals surface area contributed by atoms with Gasteiger partial charge in [0.2, 0.25) is 0 Å². The number of aliphatic imine (C=N–C) groups is 1. The van der Waals surface area contributed by atoms with Crippen LogP contribution in [0.2, 0.25) is 0 Å². The summed E-state index contributed by atoms with van der Waals surface area (Å²) in [5, 5.41) is 4.21. The van der Waals surface area contributed by atoms with Crippen LogP contribution in [0.4, 0.5) is 14.9 Å². The number of aromatic nitrogens is 5. The van der Waals surface area contributed by atoms with Crippen molar-refractivity contribution >= 4 is 45.8 Å². The topological polar surface area (TPSA) is 138 Å². The van der Waals surface area contributed by atoms with Crippen molar-refractivity contribution in [3.05, 3.63) is 78.5 Å². The minimum atomic E-state index is -0.613. The van der Waals surface area contributed by atoms with Crippen molar-refractivity contribution in [2.24, 2.45) is 10.9 Å². The number of amides is 2. The minimum Gasteiger partial charge on any atom is -0.442 e. The number of carbonyl (C=O) groups is 2. The largest absolute Gasteiger partial charge is 0.442 e. The first-order valence-electron chi connectivity index (χ1n) is 14.7. The fourth-order valence-corrected chi connectivity index (χ4v) is 5.51. The summed E-state index contributed by atoms with van der Waals surface area (Å²) >= 11 is 0. The Morgan fingerprint density at radius 3 is 2.78 bits per heavy atom. The second kappa shape index (κ2) is 12.4. The van der Waals surface area contributed by atoms with Crippen molar-refractivity contribution in [2.75, 3.05) is 18.0 Å². The molecule has 1 fully saturated rings. The number of halogens is 1. The molecule has 0 radical (unpaired) electrons. The van der Waals surface area contributed by atoms with E-state index in [0.29, 0.717) is 39.7 Å². The molecule has 0 spiro atoms. The van der Waals surface area contributed by atoms with Gasteiger partial charge in [0.05, 0.1) is 5.56 Å². The Balaban J connectivity index is 1.28. The smallest absolute Gasteiger partial charge is 0.433 e. The van der Waals surface area contributed by atoms with Crippen LogP contribution in [0.5, 0.6) is 0 Å². The summed E-state index contributed by atoms with van der Waals surface area (Å²) in [4.78, 5) is 51.2. The molecule has 0 unspecified atom stereocenters. The van der Waals surface area contributed by atoms with Crippen molar-refractivity contribution in [1.82, 2.24) is 30.2 Å². The van der Waals surface area contributed by atoms with E-state index in [1.54, 1.807) is 57.8 Å². The van der Waals surface area contributed by atoms with E-state index in [4.69, 9.17) is 4.74 Å². The van der Waals surface area contributed by atoms with Crippen LogP contribution in [-0.2, 0) is 11.3 Å². The monoisotopic (exact) mass is 608 g/mol. The molecule has 0 aliphatic carbocycles. The molecule has 12 heteroatoms. The Hall–Kier alpha value is -5.26. The summed E-state index contributed by atoms with van der Waals surface area (Å²) in [6, 6.07) is 7.01. The number of ether oxygens (including phenoxy) is 1. The predicted molar refractivity (Wildman–Crippen MR) is 170 cm³/mol. The second-order valence-electron chi connectivity index (χ2n) is 12.0. The van der Waals surface area contributed by atoms with Crippen LogP contribution in [0.1, 0.15) is 49.5 Å². The molecule has 1 saturated heterocycles. The van der Waals surface area contributed by atoms with E-state index >= 15 is 4.39 Å². The molecule has 1 aliphatic heterocycles. The van der Waals surface area contributed by atoms with Gasteiger partial charge in [0.15, 0.2) is 0 Å². The lowest BCUT2D eigenvalue weighted by Gasteiger charge is -2.33. The number of hydrogen-bond acceptors (Lipinski definition) is 8. The third kappa shape index (κ3) is 6.79. The van der Waals surface area contributed by atoms with Crippen molar-refractivity contribution in [3.63, 3.8) is 0 Å². The molecule has 5 aromatic rings. The maximum Gasteiger partial charge on any atom is 0.433 e. The van der Waals surface area contributed by atoms with Gasteiger partial charge in [-0.3, -0.25) is 9.78 Å². The van der Waals surface area contributed by atoms with Gasteiger partial charge in [-0.25, -0.2) is 24.1 Å². The Morgan fingerprint density at radius 1 is 1.16 bits per heavy atom. The van der Waals surface area contributed by atoms with E-state index < -0.39 is 17.5 Å². The number of H-pyrrole nitrogens is 1. The minimum absolute atomic E-state index is 0.0289. The first kappa shape index (κ1) is 29.8. The summed E-state index contributed by atoms with van der Waals surface area (Å²) in [5.41, 5.74) is 3.56. The Bertz CT molecular complexity index is 1900. The average Bonchev–Trinajstić information content (AvgIpc) is 3.46. The van der Waals surface area contributed by atoms with Crippen LogP contribution in [0, 0.1) is 11.7 Å². The molecule has 45 heavy (non-hydrogen) atoms. The highest BCUT2D eigenvalue weighted by atomic mass is 19.1. The number of rotatable bonds is 6. The number of benzene rings is 1. The van der Waals surface area contributed by atoms with Crippen LogP contribution in [0.3, 0.4) is 0 Å². The first-order valence-corrected chi connectivity index (χ1v) is 14.7. The number of aromatic amines is 1. The van der Waals surface area contributed by atoms with Crippen molar-refractivity contribution in [2.45, 2.75) is 45.8 Å². The summed E-state index contributed by atoms with van der Waals surface area (Å²) in [6.07, 6.45) is 12.4. The van der Waals surface area contributed by atoms with E-state index in [2.05, 4.69) is 40.1 Å². The molecule has 6 rings (SSSR count). The Morgan fingerprint density at radius 2 is 1.98 bits per heavy atom. The van der Waals surface area contributed by atoms with Crippen molar-refractivity contribution < 1.29 is 18.7 Å². The maximum absolute atomic E-state index is 15.6. The number of fused-ring (bicyclic) bond motifs is 2. The molecule has 230 valence electrons. The number of anilines is 1. The third-order valence-electron chi connectivity index (χ3n) is 7.53. The van der Waals surface area contributed by atoms with Crippen LogP contribution >= 0.6 is 0 Å². The highest BCUT2D eigenvalue weighted by Gasteiger charge is 2.23. The number of hydrogen-bond donors (Lipinski definition) is 2. The number of piperidine rings is 1. The highest BCUT2D eigenvalue weighted by Crippen LogP contribution is 2.36. The zero-order chi connectivity index (χ0) is 31.6. The molecule has 11 nitrogen and oxygen atoms in total.